The smallest absolute Gasteiger partial charge is 0.137 e. The molecule has 0 amide bonds. The molecule has 0 aromatic heterocycles. The Morgan fingerprint density at radius 1 is 1.20 bits per heavy atom. The molecule has 0 aromatic carbocycles. The van der Waals surface area contributed by atoms with Gasteiger partial charge in [0.2, 0.25) is 0 Å². The molecule has 2 fully saturated rings. The fourth-order valence-electron chi connectivity index (χ4n) is 4.20. The average Bonchev–Trinajstić information content (AvgIpc) is 2.92. The van der Waals surface area contributed by atoms with Gasteiger partial charge in [-0.1, -0.05) is 39.5 Å². The van der Waals surface area contributed by atoms with Crippen LogP contribution < -0.4 is 0 Å². The van der Waals surface area contributed by atoms with Crippen molar-refractivity contribution in [1.82, 2.24) is 4.90 Å². The molecule has 0 N–H and O–H groups in total. The van der Waals surface area contributed by atoms with Crippen LogP contribution in [0.3, 0.4) is 0 Å². The Balaban J connectivity index is 1.90. The highest BCUT2D eigenvalue weighted by Crippen LogP contribution is 2.33. The Labute approximate surface area is 125 Å². The lowest BCUT2D eigenvalue weighted by molar-refractivity contribution is -0.126. The van der Waals surface area contributed by atoms with Crippen molar-refractivity contribution in [2.75, 3.05) is 13.1 Å². The fourth-order valence-corrected chi connectivity index (χ4v) is 4.20. The molecule has 20 heavy (non-hydrogen) atoms. The van der Waals surface area contributed by atoms with E-state index in [1.807, 2.05) is 0 Å². The third-order valence-electron chi connectivity index (χ3n) is 5.52. The summed E-state index contributed by atoms with van der Waals surface area (Å²) in [7, 11) is 0. The molecule has 1 aliphatic heterocycles. The topological polar surface area (TPSA) is 20.3 Å². The van der Waals surface area contributed by atoms with Gasteiger partial charge in [-0.05, 0) is 44.6 Å². The minimum absolute atomic E-state index is 0.370. The van der Waals surface area contributed by atoms with E-state index in [1.54, 1.807) is 0 Å². The van der Waals surface area contributed by atoms with Gasteiger partial charge in [-0.15, -0.1) is 0 Å². The monoisotopic (exact) mass is 279 g/mol. The first-order valence-electron chi connectivity index (χ1n) is 9.03. The molecule has 0 radical (unpaired) electrons. The van der Waals surface area contributed by atoms with E-state index >= 15 is 0 Å². The summed E-state index contributed by atoms with van der Waals surface area (Å²) >= 11 is 0. The number of hydrogen-bond acceptors (Lipinski definition) is 2. The van der Waals surface area contributed by atoms with Crippen LogP contribution in [0.5, 0.6) is 0 Å². The Morgan fingerprint density at radius 2 is 2.05 bits per heavy atom. The minimum Gasteiger partial charge on any atom is -0.299 e. The van der Waals surface area contributed by atoms with Crippen LogP contribution in [0.25, 0.3) is 0 Å². The minimum atomic E-state index is 0.370. The Morgan fingerprint density at radius 3 is 2.75 bits per heavy atom. The summed E-state index contributed by atoms with van der Waals surface area (Å²) in [6, 6.07) is 0.582. The number of carbonyl (C=O) groups is 1. The van der Waals surface area contributed by atoms with Crippen molar-refractivity contribution in [3.8, 4) is 0 Å². The third-order valence-corrected chi connectivity index (χ3v) is 5.52. The quantitative estimate of drug-likeness (QED) is 0.687. The molecular weight excluding hydrogens is 246 g/mol. The van der Waals surface area contributed by atoms with Crippen LogP contribution in [0, 0.1) is 11.8 Å². The van der Waals surface area contributed by atoms with E-state index in [0.29, 0.717) is 17.7 Å². The number of likely N-dealkylation sites (tertiary alicyclic amines) is 1. The predicted molar refractivity (Wildman–Crippen MR) is 84.9 cm³/mol. The van der Waals surface area contributed by atoms with Crippen molar-refractivity contribution in [3.63, 3.8) is 0 Å². The van der Waals surface area contributed by atoms with Gasteiger partial charge in [-0.2, -0.15) is 0 Å². The second-order valence-electron chi connectivity index (χ2n) is 6.94. The molecular formula is C18H33NO. The lowest BCUT2D eigenvalue weighted by atomic mass is 9.81. The van der Waals surface area contributed by atoms with Crippen LogP contribution in [0.4, 0.5) is 0 Å². The summed E-state index contributed by atoms with van der Waals surface area (Å²) in [6.45, 7) is 7.09. The normalized spacial score (nSPS) is 29.8. The summed E-state index contributed by atoms with van der Waals surface area (Å²) < 4.78 is 0. The maximum absolute atomic E-state index is 12.2. The Hall–Kier alpha value is -0.370. The second-order valence-corrected chi connectivity index (χ2v) is 6.94. The molecule has 1 aliphatic carbocycles. The maximum Gasteiger partial charge on any atom is 0.137 e. The van der Waals surface area contributed by atoms with E-state index in [1.165, 1.54) is 58.0 Å². The molecule has 0 aromatic rings. The zero-order valence-corrected chi connectivity index (χ0v) is 13.6. The molecule has 2 rings (SSSR count). The Kier molecular flexibility index (Phi) is 6.54. The number of rotatable bonds is 7. The van der Waals surface area contributed by atoms with Crippen molar-refractivity contribution < 1.29 is 4.79 Å². The fraction of sp³-hybridized carbons (Fsp3) is 0.944. The van der Waals surface area contributed by atoms with Crippen molar-refractivity contribution in [2.24, 2.45) is 11.8 Å². The van der Waals surface area contributed by atoms with Crippen molar-refractivity contribution >= 4 is 5.78 Å². The van der Waals surface area contributed by atoms with E-state index in [9.17, 15) is 4.79 Å². The number of Topliss-reactive ketones (excluding diaryl/α,β-unsaturated/α-hetero) is 1. The SMILES string of the molecule is CCCCC(CC)CN1CCCC1C1CCCCC1=O. The maximum atomic E-state index is 12.2. The molecule has 116 valence electrons. The molecule has 0 bridgehead atoms. The molecule has 1 heterocycles. The first-order chi connectivity index (χ1) is 9.76. The first-order valence-corrected chi connectivity index (χ1v) is 9.03. The van der Waals surface area contributed by atoms with Crippen LogP contribution in [0.1, 0.15) is 78.1 Å². The van der Waals surface area contributed by atoms with E-state index in [-0.39, 0.29) is 0 Å². The van der Waals surface area contributed by atoms with Gasteiger partial charge in [0.05, 0.1) is 0 Å². The number of unbranched alkanes of at least 4 members (excludes halogenated alkanes) is 1. The highest BCUT2D eigenvalue weighted by Gasteiger charge is 2.37. The van der Waals surface area contributed by atoms with Crippen molar-refractivity contribution in [1.29, 1.82) is 0 Å². The second kappa shape index (κ2) is 8.17. The predicted octanol–water partition coefficient (Wildman–Crippen LogP) is 4.43. The molecule has 3 unspecified atom stereocenters. The zero-order valence-electron chi connectivity index (χ0n) is 13.6. The summed E-state index contributed by atoms with van der Waals surface area (Å²) in [5.74, 6) is 1.78. The van der Waals surface area contributed by atoms with Gasteiger partial charge in [0, 0.05) is 24.9 Å². The van der Waals surface area contributed by atoms with Gasteiger partial charge in [0.15, 0.2) is 0 Å². The van der Waals surface area contributed by atoms with E-state index < -0.39 is 0 Å². The Bertz CT molecular complexity index is 302. The summed E-state index contributed by atoms with van der Waals surface area (Å²) in [5.41, 5.74) is 0. The van der Waals surface area contributed by atoms with E-state index in [2.05, 4.69) is 18.7 Å². The highest BCUT2D eigenvalue weighted by atomic mass is 16.1. The van der Waals surface area contributed by atoms with Crippen LogP contribution >= 0.6 is 0 Å². The van der Waals surface area contributed by atoms with Gasteiger partial charge in [-0.25, -0.2) is 0 Å². The standard InChI is InChI=1S/C18H33NO/c1-3-5-9-15(4-2)14-19-13-8-11-17(19)16-10-6-7-12-18(16)20/h15-17H,3-14H2,1-2H3. The van der Waals surface area contributed by atoms with Gasteiger partial charge in [0.25, 0.3) is 0 Å². The third kappa shape index (κ3) is 4.07. The number of ketones is 1. The summed E-state index contributed by atoms with van der Waals surface area (Å²) in [5, 5.41) is 0. The molecule has 2 aliphatic rings. The van der Waals surface area contributed by atoms with Crippen molar-refractivity contribution in [3.05, 3.63) is 0 Å². The lowest BCUT2D eigenvalue weighted by Gasteiger charge is -2.35. The van der Waals surface area contributed by atoms with Crippen LogP contribution in [0.2, 0.25) is 0 Å². The van der Waals surface area contributed by atoms with Crippen LogP contribution in [-0.2, 0) is 4.79 Å². The molecule has 1 saturated heterocycles. The molecule has 3 atom stereocenters. The van der Waals surface area contributed by atoms with Crippen molar-refractivity contribution in [2.45, 2.75) is 84.1 Å². The molecule has 2 heteroatoms. The molecule has 0 spiro atoms. The molecule has 2 nitrogen and oxygen atoms in total. The van der Waals surface area contributed by atoms with Gasteiger partial charge in [0.1, 0.15) is 5.78 Å². The largest absolute Gasteiger partial charge is 0.299 e. The van der Waals surface area contributed by atoms with Gasteiger partial charge < -0.3 is 0 Å². The van der Waals surface area contributed by atoms with Crippen LogP contribution in [-0.4, -0.2) is 29.8 Å². The van der Waals surface area contributed by atoms with E-state index in [0.717, 1.165) is 25.2 Å². The van der Waals surface area contributed by atoms with E-state index in [4.69, 9.17) is 0 Å². The average molecular weight is 279 g/mol. The number of nitrogens with zero attached hydrogens (tertiary/aromatic N) is 1. The number of hydrogen-bond donors (Lipinski definition) is 0. The molecule has 1 saturated carbocycles. The van der Waals surface area contributed by atoms with Gasteiger partial charge >= 0.3 is 0 Å². The first kappa shape index (κ1) is 16.0. The summed E-state index contributed by atoms with van der Waals surface area (Å²) in [4.78, 5) is 14.9. The van der Waals surface area contributed by atoms with Crippen LogP contribution in [0.15, 0.2) is 0 Å². The number of carbonyl (C=O) groups excluding carboxylic acids is 1. The van der Waals surface area contributed by atoms with Gasteiger partial charge in [-0.3, -0.25) is 9.69 Å². The summed E-state index contributed by atoms with van der Waals surface area (Å²) in [6.07, 6.45) is 12.3. The zero-order chi connectivity index (χ0) is 14.4. The highest BCUT2D eigenvalue weighted by molar-refractivity contribution is 5.82. The lowest BCUT2D eigenvalue weighted by Crippen LogP contribution is -2.42.